The number of nitrogens with one attached hydrogen (secondary N) is 3. The number of aliphatic imine (C=N–C) groups is 1. The molecule has 0 radical (unpaired) electrons. The first-order chi connectivity index (χ1) is 16.9. The molecule has 8 nitrogen and oxygen atoms in total. The number of halogens is 1. The van der Waals surface area contributed by atoms with Gasteiger partial charge in [0, 0.05) is 30.4 Å². The van der Waals surface area contributed by atoms with Crippen LogP contribution in [-0.2, 0) is 9.59 Å². The van der Waals surface area contributed by atoms with Crippen molar-refractivity contribution in [3.63, 3.8) is 0 Å². The van der Waals surface area contributed by atoms with Crippen molar-refractivity contribution in [2.45, 2.75) is 57.0 Å². The summed E-state index contributed by atoms with van der Waals surface area (Å²) in [6.45, 7) is 5.20. The number of carbonyl (C=O) groups excluding carboxylic acids is 3. The summed E-state index contributed by atoms with van der Waals surface area (Å²) in [4.78, 5) is 48.3. The van der Waals surface area contributed by atoms with Crippen molar-refractivity contribution in [3.05, 3.63) is 35.0 Å². The zero-order valence-electron chi connectivity index (χ0n) is 19.8. The van der Waals surface area contributed by atoms with Gasteiger partial charge in [0.15, 0.2) is 0 Å². The molecule has 0 bridgehead atoms. The summed E-state index contributed by atoms with van der Waals surface area (Å²) in [7, 11) is 0. The molecule has 3 heterocycles. The number of amides is 3. The molecule has 2 aromatic rings. The number of aromatic amines is 1. The van der Waals surface area contributed by atoms with Gasteiger partial charge in [-0.3, -0.25) is 19.4 Å². The van der Waals surface area contributed by atoms with Gasteiger partial charge in [-0.05, 0) is 62.8 Å². The van der Waals surface area contributed by atoms with Gasteiger partial charge in [-0.15, -0.1) is 0 Å². The quantitative estimate of drug-likeness (QED) is 0.511. The highest BCUT2D eigenvalue weighted by atomic mass is 35.5. The third-order valence-electron chi connectivity index (χ3n) is 7.99. The Morgan fingerprint density at radius 2 is 2.14 bits per heavy atom. The first-order valence-corrected chi connectivity index (χ1v) is 12.9. The van der Waals surface area contributed by atoms with Crippen molar-refractivity contribution in [1.82, 2.24) is 20.5 Å². The van der Waals surface area contributed by atoms with E-state index in [-0.39, 0.29) is 35.1 Å². The largest absolute Gasteiger partial charge is 0.356 e. The normalized spacial score (nSPS) is 24.1. The van der Waals surface area contributed by atoms with Crippen molar-refractivity contribution >= 4 is 46.9 Å². The van der Waals surface area contributed by atoms with Crippen LogP contribution >= 0.6 is 11.6 Å². The van der Waals surface area contributed by atoms with E-state index in [0.29, 0.717) is 43.2 Å². The summed E-state index contributed by atoms with van der Waals surface area (Å²) in [5.41, 5.74) is 1.17. The van der Waals surface area contributed by atoms with E-state index in [9.17, 15) is 14.4 Å². The van der Waals surface area contributed by atoms with E-state index in [1.54, 1.807) is 17.0 Å². The third-order valence-corrected chi connectivity index (χ3v) is 8.30. The van der Waals surface area contributed by atoms with Gasteiger partial charge in [0.1, 0.15) is 11.7 Å². The van der Waals surface area contributed by atoms with E-state index in [1.165, 1.54) is 0 Å². The number of hydrogen-bond acceptors (Lipinski definition) is 4. The molecule has 2 aliphatic heterocycles. The second-order valence-corrected chi connectivity index (χ2v) is 10.8. The molecule has 1 saturated carbocycles. The molecule has 1 spiro atoms. The van der Waals surface area contributed by atoms with E-state index in [0.717, 1.165) is 43.0 Å². The molecule has 3 fully saturated rings. The Bertz CT molecular complexity index is 1160. The van der Waals surface area contributed by atoms with Crippen molar-refractivity contribution in [2.75, 3.05) is 19.6 Å². The number of rotatable bonds is 7. The average Bonchev–Trinajstić information content (AvgIpc) is 3.44. The second-order valence-electron chi connectivity index (χ2n) is 10.4. The van der Waals surface area contributed by atoms with Crippen molar-refractivity contribution in [3.8, 4) is 0 Å². The van der Waals surface area contributed by atoms with Crippen LogP contribution in [0.25, 0.3) is 10.9 Å². The van der Waals surface area contributed by atoms with Gasteiger partial charge in [0.05, 0.1) is 17.1 Å². The number of fused-ring (bicyclic) bond motifs is 1. The van der Waals surface area contributed by atoms with Crippen LogP contribution in [0.4, 0.5) is 0 Å². The van der Waals surface area contributed by atoms with Crippen LogP contribution in [0.1, 0.15) is 55.4 Å². The highest BCUT2D eigenvalue weighted by Gasteiger charge is 2.52. The standard InChI is InChI=1S/C26H32ClN5O3/c1-28-14-18(11-17-6-3-10-29-23(17)33)30-24(34)21-13-26(8-4-9-26)15-32(21)25(35)20-12-16-5-2-7-19(27)22(16)31-20/h2,5,7,12,17-18,21,31H,1,3-4,6,8-11,13-15H2,(H,29,33)(H,30,34). The van der Waals surface area contributed by atoms with E-state index in [1.807, 2.05) is 12.1 Å². The van der Waals surface area contributed by atoms with Crippen molar-refractivity contribution < 1.29 is 14.4 Å². The van der Waals surface area contributed by atoms with Crippen molar-refractivity contribution in [2.24, 2.45) is 16.3 Å². The number of para-hydroxylation sites is 1. The maximum Gasteiger partial charge on any atom is 0.271 e. The molecular weight excluding hydrogens is 466 g/mol. The molecule has 9 heteroatoms. The summed E-state index contributed by atoms with van der Waals surface area (Å²) in [5, 5.41) is 7.43. The lowest BCUT2D eigenvalue weighted by molar-refractivity contribution is -0.129. The minimum Gasteiger partial charge on any atom is -0.356 e. The minimum absolute atomic E-state index is 0.0107. The highest BCUT2D eigenvalue weighted by Crippen LogP contribution is 2.50. The van der Waals surface area contributed by atoms with Crippen LogP contribution in [0.15, 0.2) is 29.3 Å². The van der Waals surface area contributed by atoms with Gasteiger partial charge in [0.2, 0.25) is 11.8 Å². The fourth-order valence-corrected chi connectivity index (χ4v) is 6.20. The molecule has 5 rings (SSSR count). The van der Waals surface area contributed by atoms with Gasteiger partial charge >= 0.3 is 0 Å². The van der Waals surface area contributed by atoms with Crippen molar-refractivity contribution in [1.29, 1.82) is 0 Å². The topological polar surface area (TPSA) is 107 Å². The number of piperidine rings is 1. The van der Waals surface area contributed by atoms with Crippen LogP contribution in [0, 0.1) is 11.3 Å². The SMILES string of the molecule is C=NCC(CC1CCCNC1=O)NC(=O)C1CC2(CCC2)CN1C(=O)c1cc2cccc(Cl)c2[nH]1. The zero-order valence-corrected chi connectivity index (χ0v) is 20.6. The number of hydrogen-bond donors (Lipinski definition) is 3. The van der Waals surface area contributed by atoms with Crippen LogP contribution in [-0.4, -0.2) is 66.0 Å². The van der Waals surface area contributed by atoms with E-state index in [4.69, 9.17) is 11.6 Å². The van der Waals surface area contributed by atoms with E-state index in [2.05, 4.69) is 27.3 Å². The van der Waals surface area contributed by atoms with E-state index >= 15 is 0 Å². The lowest BCUT2D eigenvalue weighted by Gasteiger charge is -2.37. The number of carbonyl (C=O) groups is 3. The van der Waals surface area contributed by atoms with Crippen LogP contribution in [0.3, 0.4) is 0 Å². The Hall–Kier alpha value is -2.87. The Kier molecular flexibility index (Phi) is 6.57. The third kappa shape index (κ3) is 4.68. The first-order valence-electron chi connectivity index (χ1n) is 12.5. The summed E-state index contributed by atoms with van der Waals surface area (Å²) >= 11 is 6.31. The number of aromatic nitrogens is 1. The lowest BCUT2D eigenvalue weighted by Crippen LogP contribution is -2.51. The maximum atomic E-state index is 13.6. The number of benzene rings is 1. The van der Waals surface area contributed by atoms with Crippen LogP contribution in [0.5, 0.6) is 0 Å². The molecule has 186 valence electrons. The zero-order chi connectivity index (χ0) is 24.6. The molecule has 1 aromatic carbocycles. The average molecular weight is 498 g/mol. The maximum absolute atomic E-state index is 13.6. The summed E-state index contributed by atoms with van der Waals surface area (Å²) in [5.74, 6) is -0.485. The molecule has 3 unspecified atom stereocenters. The fraction of sp³-hybridized carbons (Fsp3) is 0.538. The molecule has 3 atom stereocenters. The van der Waals surface area contributed by atoms with Gasteiger partial charge < -0.3 is 20.5 Å². The Labute approximate surface area is 209 Å². The Balaban J connectivity index is 1.35. The van der Waals surface area contributed by atoms with Gasteiger partial charge in [0.25, 0.3) is 5.91 Å². The predicted molar refractivity (Wildman–Crippen MR) is 136 cm³/mol. The minimum atomic E-state index is -0.558. The highest BCUT2D eigenvalue weighted by molar-refractivity contribution is 6.35. The van der Waals surface area contributed by atoms with Crippen LogP contribution < -0.4 is 10.6 Å². The fourth-order valence-electron chi connectivity index (χ4n) is 5.97. The molecule has 3 amide bonds. The molecule has 2 saturated heterocycles. The number of likely N-dealkylation sites (tertiary alicyclic amines) is 1. The summed E-state index contributed by atoms with van der Waals surface area (Å²) in [6, 6.07) is 6.49. The molecular formula is C26H32ClN5O3. The number of H-pyrrole nitrogens is 1. The van der Waals surface area contributed by atoms with Crippen LogP contribution in [0.2, 0.25) is 5.02 Å². The summed E-state index contributed by atoms with van der Waals surface area (Å²) < 4.78 is 0. The Morgan fingerprint density at radius 3 is 2.83 bits per heavy atom. The lowest BCUT2D eigenvalue weighted by atomic mass is 9.67. The second kappa shape index (κ2) is 9.64. The molecule has 1 aromatic heterocycles. The molecule has 35 heavy (non-hydrogen) atoms. The molecule has 3 aliphatic rings. The van der Waals surface area contributed by atoms with Gasteiger partial charge in [-0.2, -0.15) is 0 Å². The number of nitrogens with zero attached hydrogens (tertiary/aromatic N) is 2. The smallest absolute Gasteiger partial charge is 0.271 e. The van der Waals surface area contributed by atoms with Gasteiger partial charge in [-0.25, -0.2) is 0 Å². The first kappa shape index (κ1) is 23.9. The van der Waals surface area contributed by atoms with E-state index < -0.39 is 6.04 Å². The predicted octanol–water partition coefficient (Wildman–Crippen LogP) is 3.31. The van der Waals surface area contributed by atoms with Gasteiger partial charge in [-0.1, -0.05) is 30.2 Å². The molecule has 3 N–H and O–H groups in total. The Morgan fingerprint density at radius 1 is 1.31 bits per heavy atom. The monoisotopic (exact) mass is 497 g/mol. The molecule has 1 aliphatic carbocycles. The summed E-state index contributed by atoms with van der Waals surface area (Å²) in [6.07, 6.45) is 6.08.